The van der Waals surface area contributed by atoms with Gasteiger partial charge < -0.3 is 14.4 Å². The van der Waals surface area contributed by atoms with E-state index >= 15 is 0 Å². The number of carbonyl (C=O) groups excluding carboxylic acids is 2. The van der Waals surface area contributed by atoms with Crippen LogP contribution in [0.25, 0.3) is 22.2 Å². The number of esters is 1. The number of methoxy groups -OCH3 is 1. The lowest BCUT2D eigenvalue weighted by Gasteiger charge is -2.38. The molecule has 0 unspecified atom stereocenters. The summed E-state index contributed by atoms with van der Waals surface area (Å²) in [6, 6.07) is 17.0. The lowest BCUT2D eigenvalue weighted by Crippen LogP contribution is -2.49. The Kier molecular flexibility index (Phi) is 6.40. The van der Waals surface area contributed by atoms with Gasteiger partial charge in [-0.3, -0.25) is 4.79 Å². The second-order valence-electron chi connectivity index (χ2n) is 8.31. The van der Waals surface area contributed by atoms with Crippen LogP contribution < -0.4 is 4.74 Å². The standard InChI is InChI=1S/C26H28N2O4/c1-17-7-6-8-18(2)28(17)25(29)16-32-26(30)22-15-24(19-11-13-20(31-3)14-12-19)27-23-10-5-4-9-21(22)23/h4-5,9-15,17-18H,6-8,16H2,1-3H3/t17-,18-/m0/s1. The lowest BCUT2D eigenvalue weighted by atomic mass is 9.97. The van der Waals surface area contributed by atoms with Crippen LogP contribution in [0.15, 0.2) is 54.6 Å². The Labute approximate surface area is 188 Å². The molecule has 0 aliphatic carbocycles. The molecule has 1 aliphatic heterocycles. The molecule has 6 nitrogen and oxygen atoms in total. The minimum atomic E-state index is -0.524. The third-order valence-corrected chi connectivity index (χ3v) is 6.13. The van der Waals surface area contributed by atoms with Crippen molar-refractivity contribution in [2.24, 2.45) is 0 Å². The smallest absolute Gasteiger partial charge is 0.339 e. The molecule has 2 aromatic carbocycles. The average molecular weight is 433 g/mol. The third kappa shape index (κ3) is 4.44. The van der Waals surface area contributed by atoms with E-state index in [0.29, 0.717) is 22.2 Å². The van der Waals surface area contributed by atoms with Gasteiger partial charge in [0.25, 0.3) is 5.91 Å². The third-order valence-electron chi connectivity index (χ3n) is 6.13. The highest BCUT2D eigenvalue weighted by Crippen LogP contribution is 2.27. The number of amides is 1. The average Bonchev–Trinajstić information content (AvgIpc) is 2.81. The number of nitrogens with zero attached hydrogens (tertiary/aromatic N) is 2. The summed E-state index contributed by atoms with van der Waals surface area (Å²) in [6.07, 6.45) is 3.07. The van der Waals surface area contributed by atoms with E-state index in [9.17, 15) is 9.59 Å². The number of likely N-dealkylation sites (tertiary alicyclic amines) is 1. The number of fused-ring (bicyclic) bond motifs is 1. The molecule has 1 fully saturated rings. The zero-order valence-corrected chi connectivity index (χ0v) is 18.7. The summed E-state index contributed by atoms with van der Waals surface area (Å²) < 4.78 is 10.7. The Morgan fingerprint density at radius 2 is 1.72 bits per heavy atom. The summed E-state index contributed by atoms with van der Waals surface area (Å²) in [7, 11) is 1.62. The van der Waals surface area contributed by atoms with E-state index in [0.717, 1.165) is 30.6 Å². The molecule has 1 saturated heterocycles. The number of carbonyl (C=O) groups is 2. The molecule has 0 N–H and O–H groups in total. The van der Waals surface area contributed by atoms with Gasteiger partial charge in [-0.15, -0.1) is 0 Å². The molecule has 2 atom stereocenters. The molecule has 3 aromatic rings. The van der Waals surface area contributed by atoms with Gasteiger partial charge in [0, 0.05) is 23.0 Å². The van der Waals surface area contributed by atoms with Gasteiger partial charge in [-0.05, 0) is 69.5 Å². The number of ether oxygens (including phenoxy) is 2. The van der Waals surface area contributed by atoms with Crippen LogP contribution in [-0.2, 0) is 9.53 Å². The molecule has 4 rings (SSSR count). The van der Waals surface area contributed by atoms with Gasteiger partial charge in [0.1, 0.15) is 5.75 Å². The maximum absolute atomic E-state index is 13.1. The normalized spacial score (nSPS) is 18.4. The van der Waals surface area contributed by atoms with Crippen LogP contribution in [0.4, 0.5) is 0 Å². The summed E-state index contributed by atoms with van der Waals surface area (Å²) in [4.78, 5) is 32.4. The first kappa shape index (κ1) is 21.8. The van der Waals surface area contributed by atoms with E-state index in [1.54, 1.807) is 13.2 Å². The van der Waals surface area contributed by atoms with Crippen LogP contribution in [0.3, 0.4) is 0 Å². The SMILES string of the molecule is COc1ccc(-c2cc(C(=O)OCC(=O)N3[C@@H](C)CCC[C@@H]3C)c3ccccc3n2)cc1. The Balaban J connectivity index is 1.59. The van der Waals surface area contributed by atoms with Crippen molar-refractivity contribution in [3.63, 3.8) is 0 Å². The maximum Gasteiger partial charge on any atom is 0.339 e. The number of piperidine rings is 1. The predicted molar refractivity (Wildman–Crippen MR) is 124 cm³/mol. The first-order valence-corrected chi connectivity index (χ1v) is 11.0. The molecular formula is C26H28N2O4. The molecule has 0 radical (unpaired) electrons. The van der Waals surface area contributed by atoms with Crippen molar-refractivity contribution in [2.75, 3.05) is 13.7 Å². The summed E-state index contributed by atoms with van der Waals surface area (Å²) in [5.41, 5.74) is 2.60. The number of benzene rings is 2. The summed E-state index contributed by atoms with van der Waals surface area (Å²) in [6.45, 7) is 3.84. The monoisotopic (exact) mass is 432 g/mol. The number of para-hydroxylation sites is 1. The Bertz CT molecular complexity index is 1120. The van der Waals surface area contributed by atoms with Crippen LogP contribution >= 0.6 is 0 Å². The summed E-state index contributed by atoms with van der Waals surface area (Å²) in [5.74, 6) is 0.0738. The quantitative estimate of drug-likeness (QED) is 0.539. The zero-order valence-electron chi connectivity index (χ0n) is 18.7. The Hall–Kier alpha value is -3.41. The van der Waals surface area contributed by atoms with Gasteiger partial charge in [-0.25, -0.2) is 9.78 Å². The Morgan fingerprint density at radius 3 is 2.41 bits per heavy atom. The van der Waals surface area contributed by atoms with Crippen molar-refractivity contribution in [3.05, 3.63) is 60.2 Å². The van der Waals surface area contributed by atoms with Crippen LogP contribution in [-0.4, -0.2) is 47.6 Å². The van der Waals surface area contributed by atoms with Crippen molar-refractivity contribution in [1.29, 1.82) is 0 Å². The minimum absolute atomic E-state index is 0.146. The molecule has 166 valence electrons. The molecule has 2 heterocycles. The highest BCUT2D eigenvalue weighted by molar-refractivity contribution is 6.05. The lowest BCUT2D eigenvalue weighted by molar-refractivity contribution is -0.140. The van der Waals surface area contributed by atoms with Gasteiger partial charge in [0.15, 0.2) is 6.61 Å². The van der Waals surface area contributed by atoms with Gasteiger partial charge >= 0.3 is 5.97 Å². The van der Waals surface area contributed by atoms with Gasteiger partial charge in [-0.2, -0.15) is 0 Å². The molecule has 0 spiro atoms. The molecule has 0 saturated carbocycles. The second kappa shape index (κ2) is 9.39. The van der Waals surface area contributed by atoms with Gasteiger partial charge in [0.2, 0.25) is 0 Å². The van der Waals surface area contributed by atoms with Crippen LogP contribution in [0.2, 0.25) is 0 Å². The largest absolute Gasteiger partial charge is 0.497 e. The van der Waals surface area contributed by atoms with Crippen molar-refractivity contribution in [3.8, 4) is 17.0 Å². The molecule has 1 aliphatic rings. The van der Waals surface area contributed by atoms with E-state index in [2.05, 4.69) is 0 Å². The molecule has 0 bridgehead atoms. The van der Waals surface area contributed by atoms with Crippen LogP contribution in [0, 0.1) is 0 Å². The Morgan fingerprint density at radius 1 is 1.03 bits per heavy atom. The highest BCUT2D eigenvalue weighted by atomic mass is 16.5. The van der Waals surface area contributed by atoms with E-state index < -0.39 is 5.97 Å². The van der Waals surface area contributed by atoms with Gasteiger partial charge in [0.05, 0.1) is 23.9 Å². The predicted octanol–water partition coefficient (Wildman–Crippen LogP) is 4.86. The molecule has 32 heavy (non-hydrogen) atoms. The molecule has 1 amide bonds. The highest BCUT2D eigenvalue weighted by Gasteiger charge is 2.29. The van der Waals surface area contributed by atoms with Crippen molar-refractivity contribution in [1.82, 2.24) is 9.88 Å². The van der Waals surface area contributed by atoms with E-state index in [4.69, 9.17) is 14.5 Å². The fourth-order valence-corrected chi connectivity index (χ4v) is 4.45. The van der Waals surface area contributed by atoms with E-state index in [1.165, 1.54) is 0 Å². The van der Waals surface area contributed by atoms with Crippen molar-refractivity contribution < 1.29 is 19.1 Å². The molecule has 6 heteroatoms. The summed E-state index contributed by atoms with van der Waals surface area (Å²) >= 11 is 0. The minimum Gasteiger partial charge on any atom is -0.497 e. The molecule has 1 aromatic heterocycles. The van der Waals surface area contributed by atoms with Crippen molar-refractivity contribution >= 4 is 22.8 Å². The number of rotatable bonds is 5. The maximum atomic E-state index is 13.1. The number of aromatic nitrogens is 1. The molecular weight excluding hydrogens is 404 g/mol. The topological polar surface area (TPSA) is 68.7 Å². The second-order valence-corrected chi connectivity index (χ2v) is 8.31. The number of hydrogen-bond acceptors (Lipinski definition) is 5. The fourth-order valence-electron chi connectivity index (χ4n) is 4.45. The van der Waals surface area contributed by atoms with E-state index in [1.807, 2.05) is 67.3 Å². The number of hydrogen-bond donors (Lipinski definition) is 0. The zero-order chi connectivity index (χ0) is 22.7. The first-order chi connectivity index (χ1) is 15.5. The van der Waals surface area contributed by atoms with Crippen molar-refractivity contribution in [2.45, 2.75) is 45.2 Å². The summed E-state index contributed by atoms with van der Waals surface area (Å²) in [5, 5.41) is 0.696. The van der Waals surface area contributed by atoms with E-state index in [-0.39, 0.29) is 24.6 Å². The first-order valence-electron chi connectivity index (χ1n) is 11.0. The van der Waals surface area contributed by atoms with Crippen LogP contribution in [0.1, 0.15) is 43.5 Å². The van der Waals surface area contributed by atoms with Crippen LogP contribution in [0.5, 0.6) is 5.75 Å². The fraction of sp³-hybridized carbons (Fsp3) is 0.346. The number of pyridine rings is 1. The van der Waals surface area contributed by atoms with Gasteiger partial charge in [-0.1, -0.05) is 18.2 Å².